The van der Waals surface area contributed by atoms with Crippen molar-refractivity contribution < 1.29 is 5.11 Å². The van der Waals surface area contributed by atoms with Crippen LogP contribution in [0.5, 0.6) is 0 Å². The largest absolute Gasteiger partial charge is 0.392 e. The summed E-state index contributed by atoms with van der Waals surface area (Å²) < 4.78 is 0. The zero-order valence-electron chi connectivity index (χ0n) is 10.4. The molecule has 2 aromatic carbocycles. The highest BCUT2D eigenvalue weighted by Crippen LogP contribution is 2.28. The van der Waals surface area contributed by atoms with E-state index >= 15 is 0 Å². The normalized spacial score (nSPS) is 10.5. The SMILES string of the molecule is CCc1cc(CO)ccc1-c1ccccc1C. The molecular formula is C16H18O. The van der Waals surface area contributed by atoms with Gasteiger partial charge in [0.25, 0.3) is 0 Å². The van der Waals surface area contributed by atoms with Crippen LogP contribution in [0.15, 0.2) is 42.5 Å². The second-order valence-electron chi connectivity index (χ2n) is 4.32. The third kappa shape index (κ3) is 2.40. The van der Waals surface area contributed by atoms with E-state index in [1.54, 1.807) is 0 Å². The summed E-state index contributed by atoms with van der Waals surface area (Å²) in [6.45, 7) is 4.40. The van der Waals surface area contributed by atoms with Crippen molar-refractivity contribution in [3.8, 4) is 11.1 Å². The van der Waals surface area contributed by atoms with E-state index in [9.17, 15) is 5.11 Å². The maximum Gasteiger partial charge on any atom is 0.0681 e. The fourth-order valence-electron chi connectivity index (χ4n) is 2.18. The predicted molar refractivity (Wildman–Crippen MR) is 71.9 cm³/mol. The number of benzene rings is 2. The highest BCUT2D eigenvalue weighted by atomic mass is 16.3. The number of aliphatic hydroxyl groups is 1. The first-order valence-corrected chi connectivity index (χ1v) is 6.05. The molecule has 2 rings (SSSR count). The Hall–Kier alpha value is -1.60. The van der Waals surface area contributed by atoms with Gasteiger partial charge in [-0.15, -0.1) is 0 Å². The van der Waals surface area contributed by atoms with E-state index in [0.717, 1.165) is 12.0 Å². The van der Waals surface area contributed by atoms with E-state index in [4.69, 9.17) is 0 Å². The van der Waals surface area contributed by atoms with Gasteiger partial charge in [-0.05, 0) is 41.2 Å². The van der Waals surface area contributed by atoms with Crippen molar-refractivity contribution in [2.45, 2.75) is 26.9 Å². The monoisotopic (exact) mass is 226 g/mol. The molecule has 0 amide bonds. The summed E-state index contributed by atoms with van der Waals surface area (Å²) in [5.74, 6) is 0. The van der Waals surface area contributed by atoms with Gasteiger partial charge >= 0.3 is 0 Å². The maximum absolute atomic E-state index is 9.17. The number of aryl methyl sites for hydroxylation is 2. The first-order valence-electron chi connectivity index (χ1n) is 6.05. The molecule has 0 bridgehead atoms. The van der Waals surface area contributed by atoms with Crippen LogP contribution in [0.3, 0.4) is 0 Å². The van der Waals surface area contributed by atoms with E-state index in [0.29, 0.717) is 0 Å². The molecule has 0 aliphatic carbocycles. The smallest absolute Gasteiger partial charge is 0.0681 e. The predicted octanol–water partition coefficient (Wildman–Crippen LogP) is 3.72. The third-order valence-electron chi connectivity index (χ3n) is 3.17. The second kappa shape index (κ2) is 5.15. The van der Waals surface area contributed by atoms with Crippen molar-refractivity contribution in [3.63, 3.8) is 0 Å². The van der Waals surface area contributed by atoms with E-state index < -0.39 is 0 Å². The van der Waals surface area contributed by atoms with Gasteiger partial charge in [0.15, 0.2) is 0 Å². The molecule has 0 heterocycles. The Morgan fingerprint density at radius 1 is 1.00 bits per heavy atom. The molecule has 1 N–H and O–H groups in total. The van der Waals surface area contributed by atoms with Crippen LogP contribution >= 0.6 is 0 Å². The highest BCUT2D eigenvalue weighted by Gasteiger charge is 2.06. The van der Waals surface area contributed by atoms with Crippen LogP contribution in [-0.4, -0.2) is 5.11 Å². The summed E-state index contributed by atoms with van der Waals surface area (Å²) in [7, 11) is 0. The Morgan fingerprint density at radius 2 is 1.76 bits per heavy atom. The molecule has 17 heavy (non-hydrogen) atoms. The molecular weight excluding hydrogens is 208 g/mol. The molecule has 0 saturated carbocycles. The molecule has 0 aromatic heterocycles. The maximum atomic E-state index is 9.17. The molecule has 88 valence electrons. The molecule has 0 radical (unpaired) electrons. The molecule has 0 aliphatic rings. The molecule has 0 aliphatic heterocycles. The van der Waals surface area contributed by atoms with E-state index in [1.807, 2.05) is 6.07 Å². The minimum Gasteiger partial charge on any atom is -0.392 e. The number of rotatable bonds is 3. The van der Waals surface area contributed by atoms with Crippen molar-refractivity contribution in [1.82, 2.24) is 0 Å². The summed E-state index contributed by atoms with van der Waals surface area (Å²) in [6, 6.07) is 14.6. The van der Waals surface area contributed by atoms with Crippen LogP contribution in [0.4, 0.5) is 0 Å². The minimum absolute atomic E-state index is 0.112. The molecule has 0 unspecified atom stereocenters. The van der Waals surface area contributed by atoms with Gasteiger partial charge in [0.05, 0.1) is 6.61 Å². The lowest BCUT2D eigenvalue weighted by Gasteiger charge is -2.12. The topological polar surface area (TPSA) is 20.2 Å². The zero-order chi connectivity index (χ0) is 12.3. The summed E-state index contributed by atoms with van der Waals surface area (Å²) in [4.78, 5) is 0. The summed E-state index contributed by atoms with van der Waals surface area (Å²) in [5.41, 5.74) is 6.14. The molecule has 0 spiro atoms. The Morgan fingerprint density at radius 3 is 2.41 bits per heavy atom. The first kappa shape index (κ1) is 11.9. The van der Waals surface area contributed by atoms with Gasteiger partial charge < -0.3 is 5.11 Å². The van der Waals surface area contributed by atoms with Gasteiger partial charge in [0.2, 0.25) is 0 Å². The first-order chi connectivity index (χ1) is 8.26. The average Bonchev–Trinajstić information content (AvgIpc) is 2.38. The molecule has 0 atom stereocenters. The van der Waals surface area contributed by atoms with Gasteiger partial charge in [-0.3, -0.25) is 0 Å². The van der Waals surface area contributed by atoms with Crippen LogP contribution in [-0.2, 0) is 13.0 Å². The third-order valence-corrected chi connectivity index (χ3v) is 3.17. The lowest BCUT2D eigenvalue weighted by molar-refractivity contribution is 0.282. The second-order valence-corrected chi connectivity index (χ2v) is 4.32. The van der Waals surface area contributed by atoms with Crippen molar-refractivity contribution in [2.75, 3.05) is 0 Å². The van der Waals surface area contributed by atoms with E-state index in [1.165, 1.54) is 22.3 Å². The number of hydrogen-bond acceptors (Lipinski definition) is 1. The Bertz CT molecular complexity index is 515. The summed E-state index contributed by atoms with van der Waals surface area (Å²) in [5, 5.41) is 9.17. The lowest BCUT2D eigenvalue weighted by atomic mass is 9.93. The fraction of sp³-hybridized carbons (Fsp3) is 0.250. The molecule has 1 heteroatoms. The van der Waals surface area contributed by atoms with Gasteiger partial charge in [0.1, 0.15) is 0 Å². The van der Waals surface area contributed by atoms with Crippen LogP contribution in [0, 0.1) is 6.92 Å². The Labute approximate surface area is 103 Å². The fourth-order valence-corrected chi connectivity index (χ4v) is 2.18. The summed E-state index contributed by atoms with van der Waals surface area (Å²) >= 11 is 0. The minimum atomic E-state index is 0.112. The van der Waals surface area contributed by atoms with Gasteiger partial charge in [0, 0.05) is 0 Å². The number of aliphatic hydroxyl groups excluding tert-OH is 1. The van der Waals surface area contributed by atoms with Crippen LogP contribution in [0.1, 0.15) is 23.6 Å². The van der Waals surface area contributed by atoms with E-state index in [2.05, 4.69) is 50.2 Å². The zero-order valence-corrected chi connectivity index (χ0v) is 10.4. The van der Waals surface area contributed by atoms with Gasteiger partial charge in [-0.25, -0.2) is 0 Å². The van der Waals surface area contributed by atoms with Crippen molar-refractivity contribution >= 4 is 0 Å². The number of hydrogen-bond donors (Lipinski definition) is 1. The average molecular weight is 226 g/mol. The van der Waals surface area contributed by atoms with E-state index in [-0.39, 0.29) is 6.61 Å². The summed E-state index contributed by atoms with van der Waals surface area (Å²) in [6.07, 6.45) is 0.984. The van der Waals surface area contributed by atoms with Crippen molar-refractivity contribution in [1.29, 1.82) is 0 Å². The molecule has 0 saturated heterocycles. The lowest BCUT2D eigenvalue weighted by Crippen LogP contribution is -1.93. The van der Waals surface area contributed by atoms with Crippen LogP contribution < -0.4 is 0 Å². The standard InChI is InChI=1S/C16H18O/c1-3-14-10-13(11-17)8-9-16(14)15-7-5-4-6-12(15)2/h4-10,17H,3,11H2,1-2H3. The molecule has 0 fully saturated rings. The Balaban J connectivity index is 2.56. The molecule has 1 nitrogen and oxygen atoms in total. The molecule has 2 aromatic rings. The van der Waals surface area contributed by atoms with Gasteiger partial charge in [-0.2, -0.15) is 0 Å². The van der Waals surface area contributed by atoms with Crippen LogP contribution in [0.2, 0.25) is 0 Å². The van der Waals surface area contributed by atoms with Gasteiger partial charge in [-0.1, -0.05) is 49.4 Å². The van der Waals surface area contributed by atoms with Crippen LogP contribution in [0.25, 0.3) is 11.1 Å². The highest BCUT2D eigenvalue weighted by molar-refractivity contribution is 5.70. The van der Waals surface area contributed by atoms with Crippen molar-refractivity contribution in [2.24, 2.45) is 0 Å². The Kier molecular flexibility index (Phi) is 3.60. The quantitative estimate of drug-likeness (QED) is 0.845. The van der Waals surface area contributed by atoms with Crippen molar-refractivity contribution in [3.05, 3.63) is 59.2 Å².